The Kier molecular flexibility index (Phi) is 5.00. The highest BCUT2D eigenvalue weighted by Crippen LogP contribution is 2.24. The number of nitrogens with one attached hydrogen (secondary N) is 2. The zero-order chi connectivity index (χ0) is 17.7. The normalized spacial score (nSPS) is 11.3. The molecule has 2 aromatic carbocycles. The Morgan fingerprint density at radius 2 is 1.58 bits per heavy atom. The zero-order valence-electron chi connectivity index (χ0n) is 12.3. The van der Waals surface area contributed by atoms with Crippen LogP contribution in [0, 0.1) is 0 Å². The van der Waals surface area contributed by atoms with E-state index in [2.05, 4.69) is 5.32 Å². The van der Waals surface area contributed by atoms with Crippen LogP contribution in [-0.2, 0) is 4.79 Å². The highest BCUT2D eigenvalue weighted by Gasteiger charge is 2.23. The van der Waals surface area contributed by atoms with Crippen molar-refractivity contribution in [3.05, 3.63) is 59.7 Å². The van der Waals surface area contributed by atoms with Crippen molar-refractivity contribution in [3.63, 3.8) is 0 Å². The first kappa shape index (κ1) is 16.8. The van der Waals surface area contributed by atoms with Crippen molar-refractivity contribution in [2.24, 2.45) is 0 Å². The fraction of sp³-hybridized carbons (Fsp3) is 0.0625. The molecule has 0 heterocycles. The van der Waals surface area contributed by atoms with Crippen LogP contribution in [-0.4, -0.2) is 33.2 Å². The molecule has 0 aromatic heterocycles. The van der Waals surface area contributed by atoms with E-state index in [9.17, 15) is 29.7 Å². The number of rotatable bonds is 4. The molecule has 2 rings (SSSR count). The topological polar surface area (TPSA) is 136 Å². The van der Waals surface area contributed by atoms with E-state index in [0.29, 0.717) is 5.56 Å². The molecule has 5 N–H and O–H groups in total. The number of carbonyl (C=O) groups excluding carboxylic acids is 2. The zero-order valence-corrected chi connectivity index (χ0v) is 12.3. The lowest BCUT2D eigenvalue weighted by atomic mass is 10.1. The Balaban J connectivity index is 2.07. The maximum absolute atomic E-state index is 11.9. The van der Waals surface area contributed by atoms with E-state index in [1.165, 1.54) is 18.2 Å². The van der Waals surface area contributed by atoms with Gasteiger partial charge in [-0.1, -0.05) is 30.3 Å². The SMILES string of the molecule is O=C(NC(=O)c1ccc(O)c(O)c1)NC(C(=O)O)c1ccccc1. The average molecular weight is 330 g/mol. The molecule has 0 spiro atoms. The van der Waals surface area contributed by atoms with Crippen LogP contribution in [0.1, 0.15) is 22.0 Å². The van der Waals surface area contributed by atoms with Gasteiger partial charge < -0.3 is 20.6 Å². The maximum Gasteiger partial charge on any atom is 0.330 e. The van der Waals surface area contributed by atoms with Gasteiger partial charge in [-0.25, -0.2) is 9.59 Å². The molecule has 24 heavy (non-hydrogen) atoms. The van der Waals surface area contributed by atoms with Crippen molar-refractivity contribution in [1.82, 2.24) is 10.6 Å². The third-order valence-corrected chi connectivity index (χ3v) is 3.12. The van der Waals surface area contributed by atoms with E-state index in [1.807, 2.05) is 5.32 Å². The number of carbonyl (C=O) groups is 3. The summed E-state index contributed by atoms with van der Waals surface area (Å²) in [5.41, 5.74) is 0.266. The molecule has 1 unspecified atom stereocenters. The number of carboxylic acid groups (broad SMARTS) is 1. The second kappa shape index (κ2) is 7.14. The van der Waals surface area contributed by atoms with Crippen molar-refractivity contribution < 1.29 is 29.7 Å². The molecule has 0 saturated carbocycles. The fourth-order valence-corrected chi connectivity index (χ4v) is 1.94. The van der Waals surface area contributed by atoms with Gasteiger partial charge in [-0.2, -0.15) is 0 Å². The summed E-state index contributed by atoms with van der Waals surface area (Å²) >= 11 is 0. The van der Waals surface area contributed by atoms with E-state index in [-0.39, 0.29) is 5.56 Å². The summed E-state index contributed by atoms with van der Waals surface area (Å²) in [5, 5.41) is 31.9. The summed E-state index contributed by atoms with van der Waals surface area (Å²) in [6, 6.07) is 8.92. The van der Waals surface area contributed by atoms with Gasteiger partial charge in [0.25, 0.3) is 5.91 Å². The van der Waals surface area contributed by atoms with Gasteiger partial charge in [-0.3, -0.25) is 10.1 Å². The predicted molar refractivity (Wildman–Crippen MR) is 82.6 cm³/mol. The average Bonchev–Trinajstić information content (AvgIpc) is 2.55. The molecular formula is C16H14N2O6. The third-order valence-electron chi connectivity index (χ3n) is 3.12. The molecule has 2 aromatic rings. The van der Waals surface area contributed by atoms with E-state index in [4.69, 9.17) is 0 Å². The predicted octanol–water partition coefficient (Wildman–Crippen LogP) is 1.36. The molecule has 8 heteroatoms. The number of benzene rings is 2. The van der Waals surface area contributed by atoms with Crippen molar-refractivity contribution in [2.75, 3.05) is 0 Å². The first-order valence-corrected chi connectivity index (χ1v) is 6.80. The first-order valence-electron chi connectivity index (χ1n) is 6.80. The number of hydrogen-bond donors (Lipinski definition) is 5. The Morgan fingerprint density at radius 3 is 2.17 bits per heavy atom. The lowest BCUT2D eigenvalue weighted by Gasteiger charge is -2.15. The second-order valence-electron chi connectivity index (χ2n) is 4.81. The quantitative estimate of drug-likeness (QED) is 0.537. The number of hydrogen-bond acceptors (Lipinski definition) is 5. The largest absolute Gasteiger partial charge is 0.504 e. The molecule has 3 amide bonds. The van der Waals surface area contributed by atoms with E-state index in [1.54, 1.807) is 18.2 Å². The number of imide groups is 1. The van der Waals surface area contributed by atoms with Gasteiger partial charge in [0.2, 0.25) is 0 Å². The summed E-state index contributed by atoms with van der Waals surface area (Å²) in [6.07, 6.45) is 0. The molecule has 0 fully saturated rings. The number of aliphatic carboxylic acids is 1. The lowest BCUT2D eigenvalue weighted by molar-refractivity contribution is -0.139. The van der Waals surface area contributed by atoms with Gasteiger partial charge in [0.05, 0.1) is 0 Å². The number of urea groups is 1. The number of amides is 3. The smallest absolute Gasteiger partial charge is 0.330 e. The molecule has 0 aliphatic heterocycles. The highest BCUT2D eigenvalue weighted by atomic mass is 16.4. The minimum atomic E-state index is -1.33. The molecule has 0 aliphatic rings. The molecule has 0 aliphatic carbocycles. The molecule has 0 radical (unpaired) electrons. The van der Waals surface area contributed by atoms with Crippen LogP contribution in [0.4, 0.5) is 4.79 Å². The number of aromatic hydroxyl groups is 2. The Labute approximate surface area is 136 Å². The third kappa shape index (κ3) is 4.01. The van der Waals surface area contributed by atoms with Gasteiger partial charge in [0.1, 0.15) is 0 Å². The molecule has 124 valence electrons. The van der Waals surface area contributed by atoms with Crippen LogP contribution in [0.2, 0.25) is 0 Å². The molecule has 1 atom stereocenters. The van der Waals surface area contributed by atoms with Crippen LogP contribution in [0.5, 0.6) is 11.5 Å². The first-order chi connectivity index (χ1) is 11.4. The minimum Gasteiger partial charge on any atom is -0.504 e. The van der Waals surface area contributed by atoms with Gasteiger partial charge in [-0.05, 0) is 23.8 Å². The summed E-state index contributed by atoms with van der Waals surface area (Å²) in [5.74, 6) is -3.08. The van der Waals surface area contributed by atoms with E-state index in [0.717, 1.165) is 12.1 Å². The van der Waals surface area contributed by atoms with Crippen LogP contribution in [0.15, 0.2) is 48.5 Å². The van der Waals surface area contributed by atoms with Crippen LogP contribution in [0.3, 0.4) is 0 Å². The Hall–Kier alpha value is -3.55. The number of phenolic OH excluding ortho intramolecular Hbond substituents is 2. The summed E-state index contributed by atoms with van der Waals surface area (Å²) in [7, 11) is 0. The molecule has 0 bridgehead atoms. The maximum atomic E-state index is 11.9. The summed E-state index contributed by atoms with van der Waals surface area (Å²) in [4.78, 5) is 35.0. The Bertz CT molecular complexity index is 775. The van der Waals surface area contributed by atoms with Crippen LogP contribution in [0.25, 0.3) is 0 Å². The second-order valence-corrected chi connectivity index (χ2v) is 4.81. The van der Waals surface area contributed by atoms with Gasteiger partial charge in [-0.15, -0.1) is 0 Å². The highest BCUT2D eigenvalue weighted by molar-refractivity contribution is 6.05. The number of phenols is 2. The number of carboxylic acids is 1. The summed E-state index contributed by atoms with van der Waals surface area (Å²) in [6.45, 7) is 0. The summed E-state index contributed by atoms with van der Waals surface area (Å²) < 4.78 is 0. The van der Waals surface area contributed by atoms with Crippen LogP contribution >= 0.6 is 0 Å². The van der Waals surface area contributed by atoms with Gasteiger partial charge >= 0.3 is 12.0 Å². The Morgan fingerprint density at radius 1 is 0.917 bits per heavy atom. The standard InChI is InChI=1S/C16H14N2O6/c19-11-7-6-10(8-12(11)20)14(21)18-16(24)17-13(15(22)23)9-4-2-1-3-5-9/h1-8,13,19-20H,(H,22,23)(H2,17,18,21,24). The monoisotopic (exact) mass is 330 g/mol. The van der Waals surface area contributed by atoms with Crippen molar-refractivity contribution in [1.29, 1.82) is 0 Å². The van der Waals surface area contributed by atoms with E-state index < -0.39 is 35.4 Å². The lowest BCUT2D eigenvalue weighted by Crippen LogP contribution is -2.43. The van der Waals surface area contributed by atoms with Crippen molar-refractivity contribution in [3.8, 4) is 11.5 Å². The van der Waals surface area contributed by atoms with Gasteiger partial charge in [0, 0.05) is 5.56 Å². The fourth-order valence-electron chi connectivity index (χ4n) is 1.94. The van der Waals surface area contributed by atoms with Crippen LogP contribution < -0.4 is 10.6 Å². The van der Waals surface area contributed by atoms with E-state index >= 15 is 0 Å². The minimum absolute atomic E-state index is 0.0768. The van der Waals surface area contributed by atoms with Crippen molar-refractivity contribution in [2.45, 2.75) is 6.04 Å². The molecule has 8 nitrogen and oxygen atoms in total. The van der Waals surface area contributed by atoms with Crippen molar-refractivity contribution >= 4 is 17.9 Å². The van der Waals surface area contributed by atoms with Gasteiger partial charge in [0.15, 0.2) is 17.5 Å². The molecular weight excluding hydrogens is 316 g/mol. The molecule has 0 saturated heterocycles.